The highest BCUT2D eigenvalue weighted by Crippen LogP contribution is 2.32. The van der Waals surface area contributed by atoms with E-state index in [0.29, 0.717) is 12.8 Å². The van der Waals surface area contributed by atoms with Crippen molar-refractivity contribution in [2.75, 3.05) is 13.1 Å². The van der Waals surface area contributed by atoms with Crippen LogP contribution >= 0.6 is 0 Å². The number of alkyl halides is 4. The van der Waals surface area contributed by atoms with Gasteiger partial charge in [0.25, 0.3) is 5.91 Å². The summed E-state index contributed by atoms with van der Waals surface area (Å²) in [6.45, 7) is 4.16. The van der Waals surface area contributed by atoms with E-state index in [4.69, 9.17) is 0 Å². The van der Waals surface area contributed by atoms with Crippen LogP contribution in [-0.2, 0) is 4.79 Å². The molecule has 0 atom stereocenters. The summed E-state index contributed by atoms with van der Waals surface area (Å²) in [5.41, 5.74) is -0.0170. The molecule has 0 radical (unpaired) electrons. The molecule has 1 heterocycles. The summed E-state index contributed by atoms with van der Waals surface area (Å²) in [5, 5.41) is 0. The number of rotatable bonds is 2. The van der Waals surface area contributed by atoms with Crippen LogP contribution in [0.1, 0.15) is 26.7 Å². The smallest absolute Gasteiger partial charge is 0.337 e. The van der Waals surface area contributed by atoms with Crippen molar-refractivity contribution in [1.82, 2.24) is 4.90 Å². The van der Waals surface area contributed by atoms with Gasteiger partial charge in [0.05, 0.1) is 0 Å². The third kappa shape index (κ3) is 2.65. The van der Waals surface area contributed by atoms with Crippen molar-refractivity contribution in [3.63, 3.8) is 0 Å². The summed E-state index contributed by atoms with van der Waals surface area (Å²) in [6, 6.07) is 0. The van der Waals surface area contributed by atoms with E-state index in [1.54, 1.807) is 0 Å². The Bertz CT molecular complexity index is 268. The summed E-state index contributed by atoms with van der Waals surface area (Å²) in [5.74, 6) is -6.31. The maximum Gasteiger partial charge on any atom is 0.383 e. The molecule has 1 amide bonds. The Kier molecular flexibility index (Phi) is 3.50. The minimum atomic E-state index is -4.55. The number of likely N-dealkylation sites (tertiary alicyclic amines) is 1. The molecule has 0 aliphatic carbocycles. The Labute approximate surface area is 91.6 Å². The average Bonchev–Trinajstić information content (AvgIpc) is 2.16. The molecule has 6 heteroatoms. The van der Waals surface area contributed by atoms with Crippen LogP contribution in [0.15, 0.2) is 0 Å². The van der Waals surface area contributed by atoms with E-state index in [1.807, 2.05) is 13.8 Å². The average molecular weight is 241 g/mol. The van der Waals surface area contributed by atoms with Gasteiger partial charge in [0.2, 0.25) is 0 Å². The van der Waals surface area contributed by atoms with Crippen molar-refractivity contribution in [3.8, 4) is 0 Å². The van der Waals surface area contributed by atoms with E-state index < -0.39 is 18.3 Å². The fraction of sp³-hybridized carbons (Fsp3) is 0.900. The highest BCUT2D eigenvalue weighted by atomic mass is 19.3. The van der Waals surface area contributed by atoms with E-state index >= 15 is 0 Å². The number of hydrogen-bond acceptors (Lipinski definition) is 1. The van der Waals surface area contributed by atoms with Gasteiger partial charge in [-0.15, -0.1) is 0 Å². The van der Waals surface area contributed by atoms with Gasteiger partial charge in [-0.2, -0.15) is 8.78 Å². The number of hydrogen-bond donors (Lipinski definition) is 0. The molecule has 0 unspecified atom stereocenters. The van der Waals surface area contributed by atoms with Crippen molar-refractivity contribution in [3.05, 3.63) is 0 Å². The predicted molar refractivity (Wildman–Crippen MR) is 50.5 cm³/mol. The molecular weight excluding hydrogens is 226 g/mol. The van der Waals surface area contributed by atoms with Crippen molar-refractivity contribution in [2.24, 2.45) is 5.41 Å². The lowest BCUT2D eigenvalue weighted by Crippen LogP contribution is -2.51. The standard InChI is InChI=1S/C10H15F4NO/c1-9(2)3-5-15(6-4-9)8(16)10(13,14)7(11)12/h7H,3-6H2,1-2H3. The summed E-state index contributed by atoms with van der Waals surface area (Å²) >= 11 is 0. The van der Waals surface area contributed by atoms with E-state index in [0.717, 1.165) is 4.90 Å². The van der Waals surface area contributed by atoms with E-state index in [-0.39, 0.29) is 18.5 Å². The first kappa shape index (κ1) is 13.3. The summed E-state index contributed by atoms with van der Waals surface area (Å²) in [4.78, 5) is 12.0. The molecule has 1 saturated heterocycles. The molecule has 0 bridgehead atoms. The van der Waals surface area contributed by atoms with Gasteiger partial charge in [-0.3, -0.25) is 4.79 Å². The fourth-order valence-corrected chi connectivity index (χ4v) is 1.62. The van der Waals surface area contributed by atoms with Gasteiger partial charge in [-0.1, -0.05) is 13.8 Å². The molecule has 1 aliphatic heterocycles. The van der Waals surface area contributed by atoms with Gasteiger partial charge in [0.1, 0.15) is 0 Å². The van der Waals surface area contributed by atoms with Crippen LogP contribution in [0, 0.1) is 5.41 Å². The number of carbonyl (C=O) groups excluding carboxylic acids is 1. The van der Waals surface area contributed by atoms with E-state index in [9.17, 15) is 22.4 Å². The second-order valence-corrected chi connectivity index (χ2v) is 4.88. The molecule has 0 N–H and O–H groups in total. The number of amides is 1. The summed E-state index contributed by atoms with van der Waals surface area (Å²) in [7, 11) is 0. The highest BCUT2D eigenvalue weighted by Gasteiger charge is 2.51. The molecular formula is C10H15F4NO. The molecule has 0 aromatic rings. The van der Waals surface area contributed by atoms with Gasteiger partial charge in [0, 0.05) is 13.1 Å². The SMILES string of the molecule is CC1(C)CCN(C(=O)C(F)(F)C(F)F)CC1. The van der Waals surface area contributed by atoms with Crippen molar-refractivity contribution in [2.45, 2.75) is 39.0 Å². The second-order valence-electron chi connectivity index (χ2n) is 4.88. The van der Waals surface area contributed by atoms with E-state index in [1.165, 1.54) is 0 Å². The summed E-state index contributed by atoms with van der Waals surface area (Å²) in [6.07, 6.45) is -2.83. The minimum absolute atomic E-state index is 0.0170. The first-order chi connectivity index (χ1) is 7.17. The maximum absolute atomic E-state index is 12.8. The van der Waals surface area contributed by atoms with Crippen LogP contribution in [-0.4, -0.2) is 36.2 Å². The molecule has 16 heavy (non-hydrogen) atoms. The molecule has 0 saturated carbocycles. The molecule has 94 valence electrons. The quantitative estimate of drug-likeness (QED) is 0.680. The second kappa shape index (κ2) is 4.22. The number of halogens is 4. The van der Waals surface area contributed by atoms with Crippen molar-refractivity contribution in [1.29, 1.82) is 0 Å². The lowest BCUT2D eigenvalue weighted by Gasteiger charge is -2.38. The number of nitrogens with zero attached hydrogens (tertiary/aromatic N) is 1. The zero-order chi connectivity index (χ0) is 12.6. The molecule has 1 fully saturated rings. The van der Waals surface area contributed by atoms with Gasteiger partial charge in [-0.25, -0.2) is 8.78 Å². The lowest BCUT2D eigenvalue weighted by molar-refractivity contribution is -0.182. The topological polar surface area (TPSA) is 20.3 Å². The molecule has 0 aromatic carbocycles. The van der Waals surface area contributed by atoms with Crippen molar-refractivity contribution < 1.29 is 22.4 Å². The molecule has 0 aromatic heterocycles. The fourth-order valence-electron chi connectivity index (χ4n) is 1.62. The Balaban J connectivity index is 2.64. The Hall–Kier alpha value is -0.810. The third-order valence-electron chi connectivity index (χ3n) is 2.96. The van der Waals surface area contributed by atoms with Gasteiger partial charge in [0.15, 0.2) is 0 Å². The van der Waals surface area contributed by atoms with Crippen molar-refractivity contribution >= 4 is 5.91 Å². The largest absolute Gasteiger partial charge is 0.383 e. The number of piperidine rings is 1. The van der Waals surface area contributed by atoms with Gasteiger partial charge >= 0.3 is 12.3 Å². The normalized spacial score (nSPS) is 21.3. The van der Waals surface area contributed by atoms with Crippen LogP contribution in [0.25, 0.3) is 0 Å². The molecule has 1 rings (SSSR count). The Morgan fingerprint density at radius 3 is 2.06 bits per heavy atom. The van der Waals surface area contributed by atoms with Crippen LogP contribution in [0.4, 0.5) is 17.6 Å². The zero-order valence-corrected chi connectivity index (χ0v) is 9.27. The van der Waals surface area contributed by atoms with Gasteiger partial charge in [-0.05, 0) is 18.3 Å². The predicted octanol–water partition coefficient (Wildman–Crippen LogP) is 2.54. The Morgan fingerprint density at radius 2 is 1.69 bits per heavy atom. The van der Waals surface area contributed by atoms with E-state index in [2.05, 4.69) is 0 Å². The maximum atomic E-state index is 12.8. The zero-order valence-electron chi connectivity index (χ0n) is 9.27. The third-order valence-corrected chi connectivity index (χ3v) is 2.96. The van der Waals surface area contributed by atoms with Gasteiger partial charge < -0.3 is 4.90 Å². The van der Waals surface area contributed by atoms with Crippen LogP contribution in [0.3, 0.4) is 0 Å². The molecule has 0 spiro atoms. The monoisotopic (exact) mass is 241 g/mol. The number of carbonyl (C=O) groups is 1. The van der Waals surface area contributed by atoms with Crippen LogP contribution in [0.2, 0.25) is 0 Å². The summed E-state index contributed by atoms with van der Waals surface area (Å²) < 4.78 is 49.5. The lowest BCUT2D eigenvalue weighted by atomic mass is 9.82. The van der Waals surface area contributed by atoms with Crippen LogP contribution < -0.4 is 0 Å². The van der Waals surface area contributed by atoms with Crippen LogP contribution in [0.5, 0.6) is 0 Å². The first-order valence-electron chi connectivity index (χ1n) is 5.12. The first-order valence-corrected chi connectivity index (χ1v) is 5.12. The molecule has 1 aliphatic rings. The Morgan fingerprint density at radius 1 is 1.25 bits per heavy atom. The highest BCUT2D eigenvalue weighted by molar-refractivity contribution is 5.84. The minimum Gasteiger partial charge on any atom is -0.337 e. The molecule has 2 nitrogen and oxygen atoms in total.